The van der Waals surface area contributed by atoms with Crippen LogP contribution in [0.15, 0.2) is 24.3 Å². The van der Waals surface area contributed by atoms with E-state index in [9.17, 15) is 13.2 Å². The molecule has 14 heavy (non-hydrogen) atoms. The average molecular weight is 224 g/mol. The summed E-state index contributed by atoms with van der Waals surface area (Å²) in [6.07, 6.45) is -4.29. The number of benzene rings is 1. The van der Waals surface area contributed by atoms with Crippen LogP contribution in [0.2, 0.25) is 0 Å². The van der Waals surface area contributed by atoms with Crippen molar-refractivity contribution >= 4 is 17.5 Å². The molecule has 0 amide bonds. The van der Waals surface area contributed by atoms with E-state index in [1.807, 2.05) is 6.92 Å². The van der Waals surface area contributed by atoms with Gasteiger partial charge in [0, 0.05) is 18.3 Å². The maximum atomic E-state index is 12.2. The summed E-state index contributed by atoms with van der Waals surface area (Å²) in [5.74, 6) is 0. The number of hydrogen-bond acceptors (Lipinski definition) is 1. The molecule has 0 bridgehead atoms. The van der Waals surface area contributed by atoms with Gasteiger partial charge in [0.15, 0.2) is 0 Å². The first-order valence-electron chi connectivity index (χ1n) is 4.05. The van der Waals surface area contributed by atoms with Gasteiger partial charge in [-0.2, -0.15) is 13.2 Å². The summed E-state index contributed by atoms with van der Waals surface area (Å²) >= 11 is 5.71. The summed E-state index contributed by atoms with van der Waals surface area (Å²) in [5.41, 5.74) is -0.107. The van der Waals surface area contributed by atoms with Crippen molar-refractivity contribution in [1.29, 1.82) is 0 Å². The molecule has 0 atom stereocenters. The standard InChI is InChI=1S/C9H9ClF3N/c1-2-14(10)8-5-3-7(4-6-8)9(11,12)13/h3-6H,2H2,1H3. The van der Waals surface area contributed by atoms with Crippen LogP contribution in [0, 0.1) is 0 Å². The van der Waals surface area contributed by atoms with Gasteiger partial charge in [-0.05, 0) is 31.2 Å². The number of rotatable bonds is 2. The fourth-order valence-corrected chi connectivity index (χ4v) is 1.11. The molecule has 0 radical (unpaired) electrons. The third kappa shape index (κ3) is 2.54. The summed E-state index contributed by atoms with van der Waals surface area (Å²) in [6.45, 7) is 2.34. The molecule has 0 spiro atoms. The molecule has 0 aliphatic heterocycles. The zero-order valence-electron chi connectivity index (χ0n) is 7.48. The Morgan fingerprint density at radius 1 is 1.21 bits per heavy atom. The van der Waals surface area contributed by atoms with E-state index < -0.39 is 11.7 Å². The van der Waals surface area contributed by atoms with E-state index in [2.05, 4.69) is 0 Å². The summed E-state index contributed by atoms with van der Waals surface area (Å²) < 4.78 is 37.8. The first kappa shape index (κ1) is 11.2. The van der Waals surface area contributed by atoms with E-state index in [0.29, 0.717) is 12.2 Å². The number of anilines is 1. The second-order valence-electron chi connectivity index (χ2n) is 2.72. The molecule has 78 valence electrons. The molecule has 0 heterocycles. The van der Waals surface area contributed by atoms with Crippen molar-refractivity contribution in [1.82, 2.24) is 0 Å². The van der Waals surface area contributed by atoms with Gasteiger partial charge in [-0.3, -0.25) is 4.42 Å². The number of nitrogens with zero attached hydrogens (tertiary/aromatic N) is 1. The molecule has 0 aromatic heterocycles. The zero-order chi connectivity index (χ0) is 10.8. The van der Waals surface area contributed by atoms with Gasteiger partial charge >= 0.3 is 6.18 Å². The minimum Gasteiger partial charge on any atom is -0.286 e. The minimum absolute atomic E-state index is 0.535. The Bertz CT molecular complexity index is 294. The Morgan fingerprint density at radius 3 is 2.07 bits per heavy atom. The van der Waals surface area contributed by atoms with Crippen LogP contribution in [0.4, 0.5) is 18.9 Å². The van der Waals surface area contributed by atoms with Gasteiger partial charge in [0.1, 0.15) is 0 Å². The highest BCUT2D eigenvalue weighted by atomic mass is 35.5. The van der Waals surface area contributed by atoms with Crippen molar-refractivity contribution in [2.45, 2.75) is 13.1 Å². The van der Waals surface area contributed by atoms with Crippen LogP contribution >= 0.6 is 11.8 Å². The summed E-state index contributed by atoms with van der Waals surface area (Å²) in [5, 5.41) is 0. The average Bonchev–Trinajstić information content (AvgIpc) is 2.15. The second kappa shape index (κ2) is 4.09. The van der Waals surface area contributed by atoms with Crippen LogP contribution in [0.25, 0.3) is 0 Å². The van der Waals surface area contributed by atoms with Crippen molar-refractivity contribution in [2.24, 2.45) is 0 Å². The molecule has 0 aliphatic carbocycles. The van der Waals surface area contributed by atoms with E-state index in [1.54, 1.807) is 0 Å². The minimum atomic E-state index is -4.29. The molecular formula is C9H9ClF3N. The molecule has 0 unspecified atom stereocenters. The molecule has 0 N–H and O–H groups in total. The molecule has 0 saturated carbocycles. The quantitative estimate of drug-likeness (QED) is 0.692. The lowest BCUT2D eigenvalue weighted by Crippen LogP contribution is -2.09. The van der Waals surface area contributed by atoms with Crippen LogP contribution < -0.4 is 4.42 Å². The fraction of sp³-hybridized carbons (Fsp3) is 0.333. The van der Waals surface area contributed by atoms with Crippen molar-refractivity contribution in [2.75, 3.05) is 11.0 Å². The first-order valence-corrected chi connectivity index (χ1v) is 4.39. The smallest absolute Gasteiger partial charge is 0.286 e. The van der Waals surface area contributed by atoms with E-state index in [4.69, 9.17) is 11.8 Å². The van der Waals surface area contributed by atoms with Crippen LogP contribution in [-0.4, -0.2) is 6.54 Å². The Hall–Kier alpha value is -0.900. The predicted octanol–water partition coefficient (Wildman–Crippen LogP) is 3.69. The van der Waals surface area contributed by atoms with E-state index >= 15 is 0 Å². The van der Waals surface area contributed by atoms with E-state index in [-0.39, 0.29) is 0 Å². The van der Waals surface area contributed by atoms with Gasteiger partial charge < -0.3 is 0 Å². The summed E-state index contributed by atoms with van der Waals surface area (Å²) in [4.78, 5) is 0. The molecule has 1 aromatic rings. The maximum Gasteiger partial charge on any atom is 0.416 e. The molecule has 0 aliphatic rings. The Labute approximate surface area is 85.2 Å². The third-order valence-electron chi connectivity index (χ3n) is 1.75. The monoisotopic (exact) mass is 223 g/mol. The topological polar surface area (TPSA) is 3.24 Å². The predicted molar refractivity (Wildman–Crippen MR) is 50.3 cm³/mol. The molecular weight excluding hydrogens is 215 g/mol. The number of hydrogen-bond donors (Lipinski definition) is 0. The van der Waals surface area contributed by atoms with Crippen molar-refractivity contribution in [3.63, 3.8) is 0 Å². The number of alkyl halides is 3. The molecule has 0 fully saturated rings. The van der Waals surface area contributed by atoms with Gasteiger partial charge in [-0.15, -0.1) is 0 Å². The molecule has 0 saturated heterocycles. The lowest BCUT2D eigenvalue weighted by atomic mass is 10.2. The van der Waals surface area contributed by atoms with Crippen molar-refractivity contribution < 1.29 is 13.2 Å². The molecule has 1 nitrogen and oxygen atoms in total. The van der Waals surface area contributed by atoms with Crippen LogP contribution in [0.3, 0.4) is 0 Å². The Balaban J connectivity index is 2.89. The van der Waals surface area contributed by atoms with Crippen molar-refractivity contribution in [3.8, 4) is 0 Å². The lowest BCUT2D eigenvalue weighted by Gasteiger charge is -2.14. The molecule has 5 heteroatoms. The van der Waals surface area contributed by atoms with Gasteiger partial charge in [0.25, 0.3) is 0 Å². The van der Waals surface area contributed by atoms with Crippen molar-refractivity contribution in [3.05, 3.63) is 29.8 Å². The highest BCUT2D eigenvalue weighted by Gasteiger charge is 2.30. The van der Waals surface area contributed by atoms with E-state index in [0.717, 1.165) is 12.1 Å². The van der Waals surface area contributed by atoms with Crippen LogP contribution in [0.1, 0.15) is 12.5 Å². The summed E-state index contributed by atoms with van der Waals surface area (Å²) in [7, 11) is 0. The van der Waals surface area contributed by atoms with Crippen LogP contribution in [-0.2, 0) is 6.18 Å². The maximum absolute atomic E-state index is 12.2. The summed E-state index contributed by atoms with van der Waals surface area (Å²) in [6, 6.07) is 4.72. The van der Waals surface area contributed by atoms with Gasteiger partial charge in [-0.1, -0.05) is 0 Å². The highest BCUT2D eigenvalue weighted by molar-refractivity contribution is 6.25. The van der Waals surface area contributed by atoms with Gasteiger partial charge in [0.2, 0.25) is 0 Å². The van der Waals surface area contributed by atoms with E-state index in [1.165, 1.54) is 16.6 Å². The third-order valence-corrected chi connectivity index (χ3v) is 2.19. The van der Waals surface area contributed by atoms with Crippen LogP contribution in [0.5, 0.6) is 0 Å². The normalized spacial score (nSPS) is 11.5. The highest BCUT2D eigenvalue weighted by Crippen LogP contribution is 2.30. The van der Waals surface area contributed by atoms with Gasteiger partial charge in [-0.25, -0.2) is 0 Å². The molecule has 1 aromatic carbocycles. The lowest BCUT2D eigenvalue weighted by molar-refractivity contribution is -0.137. The largest absolute Gasteiger partial charge is 0.416 e. The second-order valence-corrected chi connectivity index (χ2v) is 3.13. The number of halogens is 4. The first-order chi connectivity index (χ1) is 6.45. The fourth-order valence-electron chi connectivity index (χ4n) is 0.995. The SMILES string of the molecule is CCN(Cl)c1ccc(C(F)(F)F)cc1. The van der Waals surface area contributed by atoms with Gasteiger partial charge in [0.05, 0.1) is 11.3 Å². The Kier molecular flexibility index (Phi) is 3.26. The Morgan fingerprint density at radius 2 is 1.71 bits per heavy atom. The zero-order valence-corrected chi connectivity index (χ0v) is 8.23. The molecule has 1 rings (SSSR count).